The predicted molar refractivity (Wildman–Crippen MR) is 59.7 cm³/mol. The van der Waals surface area contributed by atoms with Crippen molar-refractivity contribution in [1.29, 1.82) is 0 Å². The molecule has 15 heavy (non-hydrogen) atoms. The van der Waals surface area contributed by atoms with E-state index in [-0.39, 0.29) is 10.8 Å². The molecule has 0 aliphatic heterocycles. The molecule has 0 aliphatic rings. The number of hydrogen-bond donors (Lipinski definition) is 1. The standard InChI is InChI=1S/C11H16O3S/c1-4-9(3)10-7-8(2)5-6-11(10)15(12,13)14/h5-7,9H,4H2,1-3H3,(H,12,13,14). The van der Waals surface area contributed by atoms with Gasteiger partial charge in [0.1, 0.15) is 0 Å². The molecule has 0 saturated heterocycles. The van der Waals surface area contributed by atoms with E-state index in [4.69, 9.17) is 4.55 Å². The second kappa shape index (κ2) is 4.33. The van der Waals surface area contributed by atoms with E-state index in [0.717, 1.165) is 12.0 Å². The maximum atomic E-state index is 11.1. The van der Waals surface area contributed by atoms with Crippen LogP contribution in [0.2, 0.25) is 0 Å². The van der Waals surface area contributed by atoms with Crippen LogP contribution in [0.4, 0.5) is 0 Å². The molecule has 0 aliphatic carbocycles. The molecule has 0 amide bonds. The zero-order valence-corrected chi connectivity index (χ0v) is 10.0. The molecule has 1 rings (SSSR count). The molecule has 1 aromatic carbocycles. The van der Waals surface area contributed by atoms with E-state index in [1.165, 1.54) is 6.07 Å². The summed E-state index contributed by atoms with van der Waals surface area (Å²) in [5.41, 5.74) is 1.69. The Kier molecular flexibility index (Phi) is 3.52. The Bertz CT molecular complexity index is 449. The van der Waals surface area contributed by atoms with Crippen molar-refractivity contribution in [1.82, 2.24) is 0 Å². The highest BCUT2D eigenvalue weighted by Crippen LogP contribution is 2.26. The molecule has 0 aromatic heterocycles. The molecule has 84 valence electrons. The Balaban J connectivity index is 3.40. The lowest BCUT2D eigenvalue weighted by Gasteiger charge is -2.13. The Morgan fingerprint density at radius 1 is 1.40 bits per heavy atom. The highest BCUT2D eigenvalue weighted by atomic mass is 32.2. The maximum Gasteiger partial charge on any atom is 0.294 e. The molecule has 0 bridgehead atoms. The first-order valence-corrected chi connectivity index (χ1v) is 6.38. The fraction of sp³-hybridized carbons (Fsp3) is 0.455. The van der Waals surface area contributed by atoms with Crippen LogP contribution in [0, 0.1) is 6.92 Å². The number of rotatable bonds is 3. The summed E-state index contributed by atoms with van der Waals surface area (Å²) in [5, 5.41) is 0. The van der Waals surface area contributed by atoms with Crippen LogP contribution in [0.15, 0.2) is 23.1 Å². The van der Waals surface area contributed by atoms with Crippen molar-refractivity contribution in [3.63, 3.8) is 0 Å². The van der Waals surface area contributed by atoms with Gasteiger partial charge in [0.15, 0.2) is 0 Å². The average Bonchev–Trinajstić information content (AvgIpc) is 2.14. The van der Waals surface area contributed by atoms with Crippen LogP contribution in [0.25, 0.3) is 0 Å². The molecule has 1 N–H and O–H groups in total. The zero-order valence-electron chi connectivity index (χ0n) is 9.19. The SMILES string of the molecule is CCC(C)c1cc(C)ccc1S(=O)(=O)O. The molecular formula is C11H16O3S. The first kappa shape index (κ1) is 12.2. The highest BCUT2D eigenvalue weighted by Gasteiger charge is 2.18. The normalized spacial score (nSPS) is 13.9. The first-order valence-electron chi connectivity index (χ1n) is 4.94. The molecule has 4 heteroatoms. The van der Waals surface area contributed by atoms with E-state index >= 15 is 0 Å². The van der Waals surface area contributed by atoms with Crippen molar-refractivity contribution >= 4 is 10.1 Å². The van der Waals surface area contributed by atoms with Gasteiger partial charge in [0.2, 0.25) is 0 Å². The zero-order chi connectivity index (χ0) is 11.6. The molecule has 1 atom stereocenters. The number of hydrogen-bond acceptors (Lipinski definition) is 2. The Morgan fingerprint density at radius 3 is 2.47 bits per heavy atom. The maximum absolute atomic E-state index is 11.1. The van der Waals surface area contributed by atoms with Crippen LogP contribution < -0.4 is 0 Å². The summed E-state index contributed by atoms with van der Waals surface area (Å²) in [6.07, 6.45) is 0.839. The van der Waals surface area contributed by atoms with Gasteiger partial charge in [0.25, 0.3) is 10.1 Å². The third-order valence-electron chi connectivity index (χ3n) is 2.59. The van der Waals surface area contributed by atoms with E-state index in [9.17, 15) is 8.42 Å². The Morgan fingerprint density at radius 2 is 2.00 bits per heavy atom. The molecule has 0 fully saturated rings. The lowest BCUT2D eigenvalue weighted by Crippen LogP contribution is -2.05. The Hall–Kier alpha value is -0.870. The van der Waals surface area contributed by atoms with Gasteiger partial charge in [-0.1, -0.05) is 31.5 Å². The third-order valence-corrected chi connectivity index (χ3v) is 3.51. The van der Waals surface area contributed by atoms with Gasteiger partial charge in [-0.3, -0.25) is 4.55 Å². The minimum absolute atomic E-state index is 0.0300. The highest BCUT2D eigenvalue weighted by molar-refractivity contribution is 7.85. The fourth-order valence-electron chi connectivity index (χ4n) is 1.51. The summed E-state index contributed by atoms with van der Waals surface area (Å²) in [4.78, 5) is 0.0300. The van der Waals surface area contributed by atoms with Crippen molar-refractivity contribution in [2.45, 2.75) is 38.0 Å². The fourth-order valence-corrected chi connectivity index (χ4v) is 2.31. The van der Waals surface area contributed by atoms with Gasteiger partial charge < -0.3 is 0 Å². The van der Waals surface area contributed by atoms with Gasteiger partial charge in [-0.05, 0) is 30.9 Å². The summed E-state index contributed by atoms with van der Waals surface area (Å²) in [5.74, 6) is 0.127. The van der Waals surface area contributed by atoms with E-state index in [2.05, 4.69) is 0 Å². The molecular weight excluding hydrogens is 212 g/mol. The summed E-state index contributed by atoms with van der Waals surface area (Å²) >= 11 is 0. The van der Waals surface area contributed by atoms with Crippen molar-refractivity contribution in [2.24, 2.45) is 0 Å². The quantitative estimate of drug-likeness (QED) is 0.809. The monoisotopic (exact) mass is 228 g/mol. The molecule has 0 saturated carbocycles. The van der Waals surface area contributed by atoms with Crippen LogP contribution in [0.3, 0.4) is 0 Å². The summed E-state index contributed by atoms with van der Waals surface area (Å²) < 4.78 is 31.4. The summed E-state index contributed by atoms with van der Waals surface area (Å²) in [7, 11) is -4.11. The molecule has 1 unspecified atom stereocenters. The number of aryl methyl sites for hydroxylation is 1. The van der Waals surface area contributed by atoms with E-state index in [1.807, 2.05) is 26.8 Å². The van der Waals surface area contributed by atoms with Crippen molar-refractivity contribution in [2.75, 3.05) is 0 Å². The molecule has 0 radical (unpaired) electrons. The lowest BCUT2D eigenvalue weighted by molar-refractivity contribution is 0.480. The van der Waals surface area contributed by atoms with Gasteiger partial charge in [-0.25, -0.2) is 0 Å². The van der Waals surface area contributed by atoms with Crippen LogP contribution in [0.1, 0.15) is 37.3 Å². The second-order valence-electron chi connectivity index (χ2n) is 3.83. The van der Waals surface area contributed by atoms with Crippen LogP contribution in [0.5, 0.6) is 0 Å². The summed E-state index contributed by atoms with van der Waals surface area (Å²) in [6, 6.07) is 4.97. The topological polar surface area (TPSA) is 54.4 Å². The minimum atomic E-state index is -4.11. The van der Waals surface area contributed by atoms with Crippen LogP contribution in [-0.4, -0.2) is 13.0 Å². The van der Waals surface area contributed by atoms with Crippen LogP contribution in [-0.2, 0) is 10.1 Å². The number of benzene rings is 1. The summed E-state index contributed by atoms with van der Waals surface area (Å²) in [6.45, 7) is 5.84. The van der Waals surface area contributed by atoms with E-state index in [1.54, 1.807) is 6.07 Å². The molecule has 0 heterocycles. The first-order chi connectivity index (χ1) is 6.86. The van der Waals surface area contributed by atoms with Gasteiger partial charge in [-0.15, -0.1) is 0 Å². The van der Waals surface area contributed by atoms with Gasteiger partial charge >= 0.3 is 0 Å². The van der Waals surface area contributed by atoms with E-state index in [0.29, 0.717) is 5.56 Å². The molecule has 0 spiro atoms. The molecule has 3 nitrogen and oxygen atoms in total. The largest absolute Gasteiger partial charge is 0.294 e. The van der Waals surface area contributed by atoms with E-state index < -0.39 is 10.1 Å². The predicted octanol–water partition coefficient (Wildman–Crippen LogP) is 2.76. The smallest absolute Gasteiger partial charge is 0.282 e. The van der Waals surface area contributed by atoms with Crippen molar-refractivity contribution in [3.8, 4) is 0 Å². The van der Waals surface area contributed by atoms with Crippen molar-refractivity contribution in [3.05, 3.63) is 29.3 Å². The minimum Gasteiger partial charge on any atom is -0.282 e. The second-order valence-corrected chi connectivity index (χ2v) is 5.22. The lowest BCUT2D eigenvalue weighted by atomic mass is 9.97. The van der Waals surface area contributed by atoms with Gasteiger partial charge in [0.05, 0.1) is 4.90 Å². The van der Waals surface area contributed by atoms with Crippen molar-refractivity contribution < 1.29 is 13.0 Å². The molecule has 1 aromatic rings. The average molecular weight is 228 g/mol. The van der Waals surface area contributed by atoms with Crippen LogP contribution >= 0.6 is 0 Å². The third kappa shape index (κ3) is 2.79. The Labute approximate surface area is 90.9 Å². The van der Waals surface area contributed by atoms with Gasteiger partial charge in [-0.2, -0.15) is 8.42 Å². The van der Waals surface area contributed by atoms with Gasteiger partial charge in [0, 0.05) is 0 Å².